The number of methoxy groups -OCH3 is 1. The number of alkyl halides is 1. The Kier molecular flexibility index (Phi) is 3.33. The Hall–Kier alpha value is -1.16. The topological polar surface area (TPSA) is 35.2 Å². The smallest absolute Gasteiger partial charge is 0.168 e. The van der Waals surface area contributed by atoms with Gasteiger partial charge < -0.3 is 10.5 Å². The van der Waals surface area contributed by atoms with Crippen LogP contribution in [-0.4, -0.2) is 18.8 Å². The molecule has 2 atom stereocenters. The fraction of sp³-hybridized carbons (Fsp3) is 0.538. The molecule has 0 radical (unpaired) electrons. The van der Waals surface area contributed by atoms with E-state index in [0.717, 1.165) is 0 Å². The fourth-order valence-electron chi connectivity index (χ4n) is 2.47. The zero-order chi connectivity index (χ0) is 12.5. The van der Waals surface area contributed by atoms with Crippen LogP contribution in [0.5, 0.6) is 5.75 Å². The lowest BCUT2D eigenvalue weighted by Crippen LogP contribution is -2.26. The average molecular weight is 241 g/mol. The first-order valence-corrected chi connectivity index (χ1v) is 5.80. The lowest BCUT2D eigenvalue weighted by Gasteiger charge is -2.20. The first-order chi connectivity index (χ1) is 8.04. The molecule has 94 valence electrons. The molecule has 2 nitrogen and oxygen atoms in total. The van der Waals surface area contributed by atoms with E-state index in [1.807, 2.05) is 0 Å². The van der Waals surface area contributed by atoms with Gasteiger partial charge in [0.15, 0.2) is 11.6 Å². The lowest BCUT2D eigenvalue weighted by molar-refractivity contribution is 0.168. The summed E-state index contributed by atoms with van der Waals surface area (Å²) in [6.07, 6.45) is 1.46. The van der Waals surface area contributed by atoms with E-state index in [0.29, 0.717) is 24.8 Å². The molecule has 0 spiro atoms. The Morgan fingerprint density at radius 1 is 1.53 bits per heavy atom. The lowest BCUT2D eigenvalue weighted by atomic mass is 9.94. The van der Waals surface area contributed by atoms with E-state index < -0.39 is 11.5 Å². The van der Waals surface area contributed by atoms with Crippen LogP contribution in [0.4, 0.5) is 8.78 Å². The summed E-state index contributed by atoms with van der Waals surface area (Å²) in [7, 11) is 1.40. The van der Waals surface area contributed by atoms with Crippen LogP contribution in [-0.2, 0) is 6.42 Å². The summed E-state index contributed by atoms with van der Waals surface area (Å²) in [6, 6.07) is 4.71. The van der Waals surface area contributed by atoms with E-state index in [1.54, 1.807) is 12.1 Å². The van der Waals surface area contributed by atoms with Gasteiger partial charge in [-0.1, -0.05) is 12.1 Å². The van der Waals surface area contributed by atoms with Crippen LogP contribution < -0.4 is 10.5 Å². The quantitative estimate of drug-likeness (QED) is 0.882. The third-order valence-corrected chi connectivity index (χ3v) is 3.36. The van der Waals surface area contributed by atoms with Gasteiger partial charge >= 0.3 is 0 Å². The van der Waals surface area contributed by atoms with Gasteiger partial charge in [-0.15, -0.1) is 0 Å². The highest BCUT2D eigenvalue weighted by Crippen LogP contribution is 2.37. The van der Waals surface area contributed by atoms with Crippen molar-refractivity contribution in [3.8, 4) is 5.75 Å². The molecule has 4 heteroatoms. The molecule has 17 heavy (non-hydrogen) atoms. The fourth-order valence-corrected chi connectivity index (χ4v) is 2.47. The number of hydrogen-bond donors (Lipinski definition) is 1. The molecule has 2 rings (SSSR count). The summed E-state index contributed by atoms with van der Waals surface area (Å²) in [6.45, 7) is 0. The second-order valence-corrected chi connectivity index (χ2v) is 4.76. The van der Waals surface area contributed by atoms with Crippen molar-refractivity contribution in [1.29, 1.82) is 0 Å². The van der Waals surface area contributed by atoms with Gasteiger partial charge in [0.2, 0.25) is 0 Å². The maximum atomic E-state index is 14.4. The number of benzene rings is 1. The van der Waals surface area contributed by atoms with Crippen molar-refractivity contribution >= 4 is 0 Å². The van der Waals surface area contributed by atoms with Crippen LogP contribution in [0.1, 0.15) is 24.8 Å². The highest BCUT2D eigenvalue weighted by atomic mass is 19.1. The number of halogens is 2. The van der Waals surface area contributed by atoms with Crippen LogP contribution >= 0.6 is 0 Å². The first kappa shape index (κ1) is 12.3. The van der Waals surface area contributed by atoms with Gasteiger partial charge in [0.05, 0.1) is 7.11 Å². The molecule has 0 bridgehead atoms. The van der Waals surface area contributed by atoms with Crippen LogP contribution in [0.2, 0.25) is 0 Å². The molecule has 0 saturated heterocycles. The Morgan fingerprint density at radius 2 is 2.29 bits per heavy atom. The largest absolute Gasteiger partial charge is 0.494 e. The van der Waals surface area contributed by atoms with E-state index in [9.17, 15) is 8.78 Å². The number of hydrogen-bond acceptors (Lipinski definition) is 2. The molecule has 2 N–H and O–H groups in total. The van der Waals surface area contributed by atoms with Gasteiger partial charge in [-0.25, -0.2) is 8.78 Å². The molecule has 0 aliphatic heterocycles. The molecule has 1 aromatic carbocycles. The third-order valence-electron chi connectivity index (χ3n) is 3.36. The molecular weight excluding hydrogens is 224 g/mol. The van der Waals surface area contributed by atoms with E-state index in [1.165, 1.54) is 13.2 Å². The van der Waals surface area contributed by atoms with Crippen molar-refractivity contribution in [2.24, 2.45) is 5.73 Å². The number of ether oxygens (including phenoxy) is 1. The maximum Gasteiger partial charge on any atom is 0.168 e. The number of nitrogens with two attached hydrogens (primary N) is 1. The third kappa shape index (κ3) is 2.57. The molecule has 1 aromatic rings. The molecule has 1 saturated carbocycles. The zero-order valence-corrected chi connectivity index (χ0v) is 9.88. The van der Waals surface area contributed by atoms with E-state index in [2.05, 4.69) is 0 Å². The number of rotatable bonds is 3. The summed E-state index contributed by atoms with van der Waals surface area (Å²) in [5.41, 5.74) is 4.69. The Bertz CT molecular complexity index is 410. The van der Waals surface area contributed by atoms with Crippen molar-refractivity contribution in [3.63, 3.8) is 0 Å². The van der Waals surface area contributed by atoms with Gasteiger partial charge in [0, 0.05) is 12.5 Å². The molecule has 1 fully saturated rings. The normalized spacial score (nSPS) is 28.4. The van der Waals surface area contributed by atoms with Crippen LogP contribution in [0.3, 0.4) is 0 Å². The molecular formula is C13H17F2NO. The molecule has 2 unspecified atom stereocenters. The summed E-state index contributed by atoms with van der Waals surface area (Å²) in [4.78, 5) is 0. The van der Waals surface area contributed by atoms with Crippen LogP contribution in [0.15, 0.2) is 18.2 Å². The van der Waals surface area contributed by atoms with Gasteiger partial charge in [0.25, 0.3) is 0 Å². The SMILES string of the molecule is COc1cccc(CC2(F)CCC(N)C2)c1F. The molecule has 0 aromatic heterocycles. The van der Waals surface area contributed by atoms with Gasteiger partial charge in [-0.2, -0.15) is 0 Å². The predicted molar refractivity (Wildman–Crippen MR) is 62.3 cm³/mol. The maximum absolute atomic E-state index is 14.4. The van der Waals surface area contributed by atoms with Gasteiger partial charge in [-0.05, 0) is 30.9 Å². The van der Waals surface area contributed by atoms with E-state index in [4.69, 9.17) is 10.5 Å². The summed E-state index contributed by atoms with van der Waals surface area (Å²) in [5.74, 6) is -0.305. The van der Waals surface area contributed by atoms with Crippen molar-refractivity contribution in [2.45, 2.75) is 37.4 Å². The minimum absolute atomic E-state index is 0.0731. The minimum atomic E-state index is -1.37. The van der Waals surface area contributed by atoms with Gasteiger partial charge in [-0.3, -0.25) is 0 Å². The zero-order valence-electron chi connectivity index (χ0n) is 9.88. The predicted octanol–water partition coefficient (Wildman–Crippen LogP) is 2.60. The Labute approximate surface area is 99.8 Å². The Balaban J connectivity index is 2.19. The molecule has 1 aliphatic carbocycles. The Morgan fingerprint density at radius 3 is 2.88 bits per heavy atom. The van der Waals surface area contributed by atoms with Gasteiger partial charge in [0.1, 0.15) is 5.67 Å². The van der Waals surface area contributed by atoms with Crippen molar-refractivity contribution in [1.82, 2.24) is 0 Å². The summed E-state index contributed by atoms with van der Waals surface area (Å²) in [5, 5.41) is 0. The van der Waals surface area contributed by atoms with Crippen molar-refractivity contribution in [2.75, 3.05) is 7.11 Å². The molecule has 0 amide bonds. The molecule has 0 heterocycles. The standard InChI is InChI=1S/C13H17F2NO/c1-17-11-4-2-3-9(12(11)14)7-13(15)6-5-10(16)8-13/h2-4,10H,5-8,16H2,1H3. The first-order valence-electron chi connectivity index (χ1n) is 5.80. The van der Waals surface area contributed by atoms with Crippen LogP contribution in [0, 0.1) is 5.82 Å². The molecule has 1 aliphatic rings. The van der Waals surface area contributed by atoms with E-state index in [-0.39, 0.29) is 18.2 Å². The van der Waals surface area contributed by atoms with Crippen molar-refractivity contribution < 1.29 is 13.5 Å². The highest BCUT2D eigenvalue weighted by Gasteiger charge is 2.38. The van der Waals surface area contributed by atoms with E-state index >= 15 is 0 Å². The van der Waals surface area contributed by atoms with Crippen molar-refractivity contribution in [3.05, 3.63) is 29.6 Å². The second-order valence-electron chi connectivity index (χ2n) is 4.76. The monoisotopic (exact) mass is 241 g/mol. The summed E-state index contributed by atoms with van der Waals surface area (Å²) >= 11 is 0. The second kappa shape index (κ2) is 4.61. The minimum Gasteiger partial charge on any atom is -0.494 e. The summed E-state index contributed by atoms with van der Waals surface area (Å²) < 4.78 is 33.1. The average Bonchev–Trinajstić information content (AvgIpc) is 2.62. The van der Waals surface area contributed by atoms with Crippen LogP contribution in [0.25, 0.3) is 0 Å². The highest BCUT2D eigenvalue weighted by molar-refractivity contribution is 5.32.